The van der Waals surface area contributed by atoms with Crippen LogP contribution >= 0.6 is 0 Å². The summed E-state index contributed by atoms with van der Waals surface area (Å²) in [4.78, 5) is 19.9. The fourth-order valence-corrected chi connectivity index (χ4v) is 2.11. The van der Waals surface area contributed by atoms with Gasteiger partial charge >= 0.3 is 5.97 Å². The summed E-state index contributed by atoms with van der Waals surface area (Å²) >= 11 is 0. The molecule has 0 atom stereocenters. The van der Waals surface area contributed by atoms with Crippen molar-refractivity contribution in [2.75, 3.05) is 0 Å². The Kier molecular flexibility index (Phi) is 3.97. The number of aromatic carboxylic acids is 1. The van der Waals surface area contributed by atoms with Gasteiger partial charge in [0, 0.05) is 30.6 Å². The zero-order valence-electron chi connectivity index (χ0n) is 12.4. The van der Waals surface area contributed by atoms with E-state index in [1.165, 1.54) is 6.20 Å². The van der Waals surface area contributed by atoms with Gasteiger partial charge in [-0.05, 0) is 12.2 Å². The number of carboxylic acid groups (broad SMARTS) is 1. The summed E-state index contributed by atoms with van der Waals surface area (Å²) in [7, 11) is 1.82. The molecule has 6 heteroatoms. The van der Waals surface area contributed by atoms with Crippen LogP contribution in [0.2, 0.25) is 0 Å². The number of rotatable bonds is 4. The second kappa shape index (κ2) is 6.23. The predicted octanol–water partition coefficient (Wildman–Crippen LogP) is 2.75. The van der Waals surface area contributed by atoms with Gasteiger partial charge < -0.3 is 5.11 Å². The topological polar surface area (TPSA) is 80.9 Å². The molecule has 0 saturated heterocycles. The smallest absolute Gasteiger partial charge is 0.339 e. The Morgan fingerprint density at radius 2 is 1.96 bits per heavy atom. The second-order valence-corrected chi connectivity index (χ2v) is 4.94. The summed E-state index contributed by atoms with van der Waals surface area (Å²) < 4.78 is 1.67. The lowest BCUT2D eigenvalue weighted by atomic mass is 10.1. The number of carbonyl (C=O) groups is 1. The molecule has 2 aromatic heterocycles. The maximum Gasteiger partial charge on any atom is 0.339 e. The first-order chi connectivity index (χ1) is 11.1. The fraction of sp³-hybridized carbons (Fsp3) is 0.0588. The average molecular weight is 306 g/mol. The van der Waals surface area contributed by atoms with Crippen molar-refractivity contribution in [1.82, 2.24) is 19.7 Å². The van der Waals surface area contributed by atoms with Crippen LogP contribution in [0.3, 0.4) is 0 Å². The van der Waals surface area contributed by atoms with Crippen molar-refractivity contribution in [2.24, 2.45) is 7.05 Å². The van der Waals surface area contributed by atoms with E-state index in [4.69, 9.17) is 0 Å². The zero-order chi connectivity index (χ0) is 16.2. The highest BCUT2D eigenvalue weighted by molar-refractivity contribution is 5.92. The molecule has 0 radical (unpaired) electrons. The first kappa shape index (κ1) is 14.6. The summed E-state index contributed by atoms with van der Waals surface area (Å²) in [5, 5.41) is 13.4. The Morgan fingerprint density at radius 1 is 1.17 bits per heavy atom. The molecule has 1 N–H and O–H groups in total. The maximum absolute atomic E-state index is 11.4. The molecule has 114 valence electrons. The zero-order valence-corrected chi connectivity index (χ0v) is 12.4. The van der Waals surface area contributed by atoms with Crippen LogP contribution in [0, 0.1) is 0 Å². The summed E-state index contributed by atoms with van der Waals surface area (Å²) in [5.74, 6) is -0.572. The number of aryl methyl sites for hydroxylation is 1. The number of hydrogen-bond acceptors (Lipinski definition) is 4. The van der Waals surface area contributed by atoms with Gasteiger partial charge in [0.25, 0.3) is 0 Å². The summed E-state index contributed by atoms with van der Waals surface area (Å²) in [6.45, 7) is 0. The first-order valence-corrected chi connectivity index (χ1v) is 6.96. The largest absolute Gasteiger partial charge is 0.478 e. The number of hydrogen-bond donors (Lipinski definition) is 1. The quantitative estimate of drug-likeness (QED) is 0.801. The van der Waals surface area contributed by atoms with Gasteiger partial charge in [-0.3, -0.25) is 4.68 Å². The fourth-order valence-electron chi connectivity index (χ4n) is 2.11. The molecule has 2 heterocycles. The minimum absolute atomic E-state index is 0.0600. The average Bonchev–Trinajstić information content (AvgIpc) is 2.99. The molecule has 0 aliphatic carbocycles. The van der Waals surface area contributed by atoms with E-state index in [9.17, 15) is 9.90 Å². The molecule has 3 aromatic rings. The van der Waals surface area contributed by atoms with Crippen molar-refractivity contribution >= 4 is 18.1 Å². The number of benzene rings is 1. The van der Waals surface area contributed by atoms with Gasteiger partial charge in [0.05, 0.1) is 11.9 Å². The highest BCUT2D eigenvalue weighted by atomic mass is 16.4. The summed E-state index contributed by atoms with van der Waals surface area (Å²) in [6, 6.07) is 9.43. The first-order valence-electron chi connectivity index (χ1n) is 6.96. The van der Waals surface area contributed by atoms with Gasteiger partial charge in [0.15, 0.2) is 5.82 Å². The van der Waals surface area contributed by atoms with Crippen LogP contribution in [0.25, 0.3) is 23.5 Å². The molecule has 23 heavy (non-hydrogen) atoms. The lowest BCUT2D eigenvalue weighted by molar-refractivity contribution is 0.0695. The Morgan fingerprint density at radius 3 is 2.61 bits per heavy atom. The third kappa shape index (κ3) is 3.32. The lowest BCUT2D eigenvalue weighted by Crippen LogP contribution is -2.04. The predicted molar refractivity (Wildman–Crippen MR) is 86.6 cm³/mol. The molecular weight excluding hydrogens is 292 g/mol. The van der Waals surface area contributed by atoms with E-state index in [1.807, 2.05) is 43.6 Å². The molecule has 0 amide bonds. The van der Waals surface area contributed by atoms with Gasteiger partial charge in [-0.15, -0.1) is 0 Å². The molecule has 1 aromatic carbocycles. The molecule has 0 saturated carbocycles. The van der Waals surface area contributed by atoms with Crippen molar-refractivity contribution in [2.45, 2.75) is 0 Å². The molecule has 6 nitrogen and oxygen atoms in total. The third-order valence-corrected chi connectivity index (χ3v) is 3.24. The van der Waals surface area contributed by atoms with Crippen LogP contribution < -0.4 is 0 Å². The summed E-state index contributed by atoms with van der Waals surface area (Å²) in [5.41, 5.74) is 2.12. The van der Waals surface area contributed by atoms with Crippen LogP contribution in [-0.4, -0.2) is 30.8 Å². The molecule has 0 aliphatic heterocycles. The van der Waals surface area contributed by atoms with E-state index in [0.29, 0.717) is 11.5 Å². The number of nitrogens with zero attached hydrogens (tertiary/aromatic N) is 4. The molecular formula is C17H14N4O2. The third-order valence-electron chi connectivity index (χ3n) is 3.24. The SMILES string of the molecule is Cn1cc(C=Cc2nc(-c3ccccc3)ncc2C(=O)O)cn1. The van der Waals surface area contributed by atoms with Gasteiger partial charge in [0.1, 0.15) is 5.56 Å². The van der Waals surface area contributed by atoms with Gasteiger partial charge in [0.2, 0.25) is 0 Å². The van der Waals surface area contributed by atoms with Crippen LogP contribution in [0.1, 0.15) is 21.6 Å². The van der Waals surface area contributed by atoms with Gasteiger partial charge in [-0.25, -0.2) is 14.8 Å². The Bertz CT molecular complexity index is 869. The van der Waals surface area contributed by atoms with Crippen LogP contribution in [-0.2, 0) is 7.05 Å². The molecule has 0 fully saturated rings. The van der Waals surface area contributed by atoms with E-state index in [2.05, 4.69) is 15.1 Å². The van der Waals surface area contributed by atoms with E-state index in [0.717, 1.165) is 11.1 Å². The monoisotopic (exact) mass is 306 g/mol. The van der Waals surface area contributed by atoms with Crippen molar-refractivity contribution in [3.63, 3.8) is 0 Å². The van der Waals surface area contributed by atoms with Crippen molar-refractivity contribution in [3.8, 4) is 11.4 Å². The van der Waals surface area contributed by atoms with Crippen molar-refractivity contribution < 1.29 is 9.90 Å². The van der Waals surface area contributed by atoms with Gasteiger partial charge in [-0.2, -0.15) is 5.10 Å². The molecule has 3 rings (SSSR count). The van der Waals surface area contributed by atoms with E-state index in [1.54, 1.807) is 23.0 Å². The minimum atomic E-state index is -1.06. The molecule has 0 aliphatic rings. The van der Waals surface area contributed by atoms with Crippen molar-refractivity contribution in [3.05, 3.63) is 65.7 Å². The standard InChI is InChI=1S/C17H14N4O2/c1-21-11-12(9-19-21)7-8-15-14(17(22)23)10-18-16(20-15)13-5-3-2-4-6-13/h2-11H,1H3,(H,22,23). The number of carboxylic acids is 1. The highest BCUT2D eigenvalue weighted by Gasteiger charge is 2.12. The molecule has 0 spiro atoms. The van der Waals surface area contributed by atoms with Crippen molar-refractivity contribution in [1.29, 1.82) is 0 Å². The second-order valence-electron chi connectivity index (χ2n) is 4.94. The Balaban J connectivity index is 2.02. The number of aromatic nitrogens is 4. The minimum Gasteiger partial charge on any atom is -0.478 e. The van der Waals surface area contributed by atoms with Gasteiger partial charge in [-0.1, -0.05) is 30.3 Å². The highest BCUT2D eigenvalue weighted by Crippen LogP contribution is 2.18. The Hall–Kier alpha value is -3.28. The maximum atomic E-state index is 11.4. The lowest BCUT2D eigenvalue weighted by Gasteiger charge is -2.04. The summed E-state index contributed by atoms with van der Waals surface area (Å²) in [6.07, 6.45) is 8.29. The van der Waals surface area contributed by atoms with E-state index < -0.39 is 5.97 Å². The van der Waals surface area contributed by atoms with Crippen LogP contribution in [0.4, 0.5) is 0 Å². The molecule has 0 unspecified atom stereocenters. The van der Waals surface area contributed by atoms with E-state index >= 15 is 0 Å². The van der Waals surface area contributed by atoms with Crippen LogP contribution in [0.5, 0.6) is 0 Å². The Labute approximate surface area is 132 Å². The molecule has 0 bridgehead atoms. The normalized spacial score (nSPS) is 11.0. The van der Waals surface area contributed by atoms with E-state index in [-0.39, 0.29) is 5.56 Å². The van der Waals surface area contributed by atoms with Crippen LogP contribution in [0.15, 0.2) is 48.9 Å².